The third-order valence-electron chi connectivity index (χ3n) is 4.96. The first kappa shape index (κ1) is 19.2. The fourth-order valence-corrected chi connectivity index (χ4v) is 3.47. The van der Waals surface area contributed by atoms with Crippen molar-refractivity contribution in [3.63, 3.8) is 0 Å². The van der Waals surface area contributed by atoms with Crippen molar-refractivity contribution in [1.82, 2.24) is 4.90 Å². The van der Waals surface area contributed by atoms with E-state index >= 15 is 0 Å². The molecule has 0 unspecified atom stereocenters. The molecule has 5 nitrogen and oxygen atoms in total. The lowest BCUT2D eigenvalue weighted by atomic mass is 9.86. The summed E-state index contributed by atoms with van der Waals surface area (Å²) in [6, 6.07) is 15.3. The van der Waals surface area contributed by atoms with Crippen molar-refractivity contribution in [2.45, 2.75) is 26.2 Å². The maximum Gasteiger partial charge on any atom is 0.238 e. The van der Waals surface area contributed by atoms with Crippen LogP contribution in [-0.2, 0) is 10.2 Å². The van der Waals surface area contributed by atoms with Crippen molar-refractivity contribution in [3.05, 3.63) is 54.1 Å². The van der Waals surface area contributed by atoms with E-state index in [2.05, 4.69) is 42.0 Å². The first-order valence-corrected chi connectivity index (χ1v) is 9.48. The van der Waals surface area contributed by atoms with Crippen LogP contribution in [0.2, 0.25) is 0 Å². The highest BCUT2D eigenvalue weighted by Gasteiger charge is 2.21. The van der Waals surface area contributed by atoms with Gasteiger partial charge in [-0.25, -0.2) is 0 Å². The number of benzene rings is 2. The molecule has 2 N–H and O–H groups in total. The van der Waals surface area contributed by atoms with E-state index in [0.717, 1.165) is 43.1 Å². The SMILES string of the molecule is CC(C)(C)c1ccccc1NC(=O)CN1CCN(c2ccc(O)cc2)CC1. The van der Waals surface area contributed by atoms with Crippen molar-refractivity contribution in [2.24, 2.45) is 0 Å². The quantitative estimate of drug-likeness (QED) is 0.869. The maximum absolute atomic E-state index is 12.6. The van der Waals surface area contributed by atoms with Crippen LogP contribution in [0.5, 0.6) is 5.75 Å². The van der Waals surface area contributed by atoms with Gasteiger partial charge in [0.2, 0.25) is 5.91 Å². The lowest BCUT2D eigenvalue weighted by Crippen LogP contribution is -2.48. The topological polar surface area (TPSA) is 55.8 Å². The van der Waals surface area contributed by atoms with E-state index in [4.69, 9.17) is 0 Å². The predicted octanol–water partition coefficient (Wildman–Crippen LogP) is 3.45. The maximum atomic E-state index is 12.6. The van der Waals surface area contributed by atoms with Gasteiger partial charge in [-0.2, -0.15) is 0 Å². The Morgan fingerprint density at radius 3 is 2.26 bits per heavy atom. The van der Waals surface area contributed by atoms with Gasteiger partial charge in [0.25, 0.3) is 0 Å². The number of nitrogens with zero attached hydrogens (tertiary/aromatic N) is 2. The van der Waals surface area contributed by atoms with Crippen LogP contribution in [0.25, 0.3) is 0 Å². The first-order chi connectivity index (χ1) is 12.8. The van der Waals surface area contributed by atoms with Crippen LogP contribution in [0.15, 0.2) is 48.5 Å². The Balaban J connectivity index is 1.54. The molecule has 5 heteroatoms. The molecule has 3 rings (SSSR count). The second-order valence-electron chi connectivity index (χ2n) is 8.12. The molecular weight excluding hydrogens is 338 g/mol. The predicted molar refractivity (Wildman–Crippen MR) is 111 cm³/mol. The van der Waals surface area contributed by atoms with Crippen LogP contribution >= 0.6 is 0 Å². The van der Waals surface area contributed by atoms with Crippen LogP contribution in [0, 0.1) is 0 Å². The average molecular weight is 367 g/mol. The molecule has 1 amide bonds. The summed E-state index contributed by atoms with van der Waals surface area (Å²) < 4.78 is 0. The number of carbonyl (C=O) groups is 1. The van der Waals surface area contributed by atoms with Gasteiger partial charge in [-0.3, -0.25) is 9.69 Å². The molecule has 0 spiro atoms. The van der Waals surface area contributed by atoms with Crippen LogP contribution in [-0.4, -0.2) is 48.6 Å². The molecule has 1 aliphatic heterocycles. The normalized spacial score (nSPS) is 15.6. The Labute approximate surface area is 161 Å². The number of carbonyl (C=O) groups excluding carboxylic acids is 1. The molecule has 27 heavy (non-hydrogen) atoms. The van der Waals surface area contributed by atoms with Gasteiger partial charge in [-0.1, -0.05) is 39.0 Å². The van der Waals surface area contributed by atoms with Crippen LogP contribution in [0.4, 0.5) is 11.4 Å². The largest absolute Gasteiger partial charge is 0.508 e. The van der Waals surface area contributed by atoms with Gasteiger partial charge < -0.3 is 15.3 Å². The van der Waals surface area contributed by atoms with Gasteiger partial charge in [0.15, 0.2) is 0 Å². The number of anilines is 2. The number of hydrogen-bond donors (Lipinski definition) is 2. The van der Waals surface area contributed by atoms with E-state index in [-0.39, 0.29) is 17.1 Å². The number of amides is 1. The highest BCUT2D eigenvalue weighted by atomic mass is 16.3. The van der Waals surface area contributed by atoms with Gasteiger partial charge in [0.1, 0.15) is 5.75 Å². The molecular formula is C22H29N3O2. The zero-order valence-corrected chi connectivity index (χ0v) is 16.4. The van der Waals surface area contributed by atoms with E-state index in [9.17, 15) is 9.90 Å². The first-order valence-electron chi connectivity index (χ1n) is 9.48. The van der Waals surface area contributed by atoms with Gasteiger partial charge in [0, 0.05) is 37.6 Å². The molecule has 2 aromatic carbocycles. The van der Waals surface area contributed by atoms with Crippen molar-refractivity contribution < 1.29 is 9.90 Å². The fourth-order valence-electron chi connectivity index (χ4n) is 3.47. The molecule has 0 aromatic heterocycles. The van der Waals surface area contributed by atoms with E-state index in [1.165, 1.54) is 0 Å². The second-order valence-corrected chi connectivity index (χ2v) is 8.12. The number of para-hydroxylation sites is 1. The number of phenolic OH excluding ortho intramolecular Hbond substituents is 1. The van der Waals surface area contributed by atoms with Gasteiger partial charge >= 0.3 is 0 Å². The minimum atomic E-state index is -0.0143. The molecule has 1 aliphatic rings. The standard InChI is InChI=1S/C22H29N3O2/c1-22(2,3)19-6-4-5-7-20(19)23-21(27)16-24-12-14-25(15-13-24)17-8-10-18(26)11-9-17/h4-11,26H,12-16H2,1-3H3,(H,23,27). The van der Waals surface area contributed by atoms with E-state index in [1.807, 2.05) is 30.3 Å². The molecule has 0 atom stereocenters. The highest BCUT2D eigenvalue weighted by Crippen LogP contribution is 2.29. The molecule has 0 radical (unpaired) electrons. The molecule has 1 fully saturated rings. The number of hydrogen-bond acceptors (Lipinski definition) is 4. The number of rotatable bonds is 4. The molecule has 1 saturated heterocycles. The van der Waals surface area contributed by atoms with Gasteiger partial charge in [-0.15, -0.1) is 0 Å². The fraction of sp³-hybridized carbons (Fsp3) is 0.409. The summed E-state index contributed by atoms with van der Waals surface area (Å²) in [6.07, 6.45) is 0. The molecule has 144 valence electrons. The van der Waals surface area contributed by atoms with Crippen molar-refractivity contribution >= 4 is 17.3 Å². The monoisotopic (exact) mass is 367 g/mol. The van der Waals surface area contributed by atoms with E-state index in [0.29, 0.717) is 6.54 Å². The Bertz CT molecular complexity index is 773. The third kappa shape index (κ3) is 5.01. The summed E-state index contributed by atoms with van der Waals surface area (Å²) in [6.45, 7) is 10.3. The summed E-state index contributed by atoms with van der Waals surface area (Å²) in [4.78, 5) is 17.0. The van der Waals surface area contributed by atoms with Crippen LogP contribution in [0.1, 0.15) is 26.3 Å². The minimum absolute atomic E-state index is 0.0143. The van der Waals surface area contributed by atoms with Crippen LogP contribution in [0.3, 0.4) is 0 Å². The minimum Gasteiger partial charge on any atom is -0.508 e. The Morgan fingerprint density at radius 1 is 1.00 bits per heavy atom. The number of piperazine rings is 1. The van der Waals surface area contributed by atoms with E-state index < -0.39 is 0 Å². The summed E-state index contributed by atoms with van der Waals surface area (Å²) in [5.74, 6) is 0.314. The summed E-state index contributed by atoms with van der Waals surface area (Å²) in [7, 11) is 0. The number of phenols is 1. The smallest absolute Gasteiger partial charge is 0.238 e. The lowest BCUT2D eigenvalue weighted by Gasteiger charge is -2.35. The average Bonchev–Trinajstić information content (AvgIpc) is 2.62. The lowest BCUT2D eigenvalue weighted by molar-refractivity contribution is -0.117. The molecule has 0 saturated carbocycles. The second kappa shape index (κ2) is 8.01. The van der Waals surface area contributed by atoms with Crippen molar-refractivity contribution in [1.29, 1.82) is 0 Å². The van der Waals surface area contributed by atoms with Gasteiger partial charge in [-0.05, 0) is 41.3 Å². The Hall–Kier alpha value is -2.53. The summed E-state index contributed by atoms with van der Waals surface area (Å²) in [5, 5.41) is 12.5. The molecule has 0 aliphatic carbocycles. The molecule has 0 bridgehead atoms. The van der Waals surface area contributed by atoms with Crippen LogP contribution < -0.4 is 10.2 Å². The van der Waals surface area contributed by atoms with Gasteiger partial charge in [0.05, 0.1) is 6.54 Å². The zero-order chi connectivity index (χ0) is 19.4. The zero-order valence-electron chi connectivity index (χ0n) is 16.4. The summed E-state index contributed by atoms with van der Waals surface area (Å²) >= 11 is 0. The number of nitrogens with one attached hydrogen (secondary N) is 1. The van der Waals surface area contributed by atoms with Crippen molar-refractivity contribution in [3.8, 4) is 5.75 Å². The number of aromatic hydroxyl groups is 1. The summed E-state index contributed by atoms with van der Waals surface area (Å²) in [5.41, 5.74) is 3.14. The Morgan fingerprint density at radius 2 is 1.63 bits per heavy atom. The molecule has 1 heterocycles. The molecule has 2 aromatic rings. The van der Waals surface area contributed by atoms with E-state index in [1.54, 1.807) is 12.1 Å². The highest BCUT2D eigenvalue weighted by molar-refractivity contribution is 5.93. The Kier molecular flexibility index (Phi) is 5.71. The third-order valence-corrected chi connectivity index (χ3v) is 4.96. The van der Waals surface area contributed by atoms with Crippen molar-refractivity contribution in [2.75, 3.05) is 42.9 Å².